The van der Waals surface area contributed by atoms with Gasteiger partial charge < -0.3 is 5.32 Å². The van der Waals surface area contributed by atoms with E-state index in [2.05, 4.69) is 17.7 Å². The average molecular weight is 249 g/mol. The Morgan fingerprint density at radius 3 is 2.61 bits per heavy atom. The molecule has 0 aliphatic carbocycles. The van der Waals surface area contributed by atoms with E-state index in [1.54, 1.807) is 0 Å². The fourth-order valence-corrected chi connectivity index (χ4v) is 2.69. The van der Waals surface area contributed by atoms with Crippen molar-refractivity contribution in [2.24, 2.45) is 5.41 Å². The van der Waals surface area contributed by atoms with Gasteiger partial charge in [-0.3, -0.25) is 14.9 Å². The van der Waals surface area contributed by atoms with Crippen molar-refractivity contribution in [3.8, 4) is 0 Å². The summed E-state index contributed by atoms with van der Waals surface area (Å²) in [7, 11) is 0. The van der Waals surface area contributed by atoms with E-state index in [1.165, 1.54) is 0 Å². The van der Waals surface area contributed by atoms with Gasteiger partial charge in [0.05, 0.1) is 5.41 Å². The number of aromatic nitrogens is 1. The number of rotatable bonds is 3. The van der Waals surface area contributed by atoms with Gasteiger partial charge in [0.15, 0.2) is 0 Å². The molecule has 1 aromatic rings. The first-order chi connectivity index (χ1) is 8.59. The molecule has 1 aliphatic heterocycles. The Kier molecular flexibility index (Phi) is 3.76. The number of hydrogen-bond donors (Lipinski definition) is 2. The van der Waals surface area contributed by atoms with Crippen LogP contribution in [0.4, 0.5) is 0 Å². The van der Waals surface area contributed by atoms with Crippen molar-refractivity contribution >= 4 is 5.91 Å². The molecule has 2 heterocycles. The maximum Gasteiger partial charge on any atom is 0.246 e. The zero-order valence-corrected chi connectivity index (χ0v) is 11.5. The second kappa shape index (κ2) is 5.14. The Labute approximate surface area is 109 Å². The van der Waals surface area contributed by atoms with E-state index in [4.69, 9.17) is 0 Å². The van der Waals surface area contributed by atoms with Crippen molar-refractivity contribution in [3.05, 3.63) is 23.5 Å². The predicted octanol–water partition coefficient (Wildman–Crippen LogP) is 1.95. The van der Waals surface area contributed by atoms with E-state index in [-0.39, 0.29) is 11.3 Å². The van der Waals surface area contributed by atoms with Crippen LogP contribution in [0, 0.1) is 19.3 Å². The molecule has 1 amide bonds. The van der Waals surface area contributed by atoms with Crippen molar-refractivity contribution in [2.75, 3.05) is 18.5 Å². The van der Waals surface area contributed by atoms with Crippen LogP contribution < -0.4 is 10.7 Å². The van der Waals surface area contributed by atoms with E-state index >= 15 is 0 Å². The van der Waals surface area contributed by atoms with Crippen LogP contribution in [0.1, 0.15) is 37.6 Å². The summed E-state index contributed by atoms with van der Waals surface area (Å²) in [6.07, 6.45) is 2.93. The van der Waals surface area contributed by atoms with Gasteiger partial charge in [-0.05, 0) is 51.8 Å². The minimum absolute atomic E-state index is 0.139. The number of nitrogens with zero attached hydrogens (tertiary/aromatic N) is 1. The number of carbonyl (C=O) groups is 1. The lowest BCUT2D eigenvalue weighted by Crippen LogP contribution is -2.49. The second-order valence-electron chi connectivity index (χ2n) is 5.31. The number of hydrogen-bond acceptors (Lipinski definition) is 2. The predicted molar refractivity (Wildman–Crippen MR) is 73.1 cm³/mol. The highest BCUT2D eigenvalue weighted by Gasteiger charge is 2.38. The molecule has 1 atom stereocenters. The van der Waals surface area contributed by atoms with Gasteiger partial charge in [-0.1, -0.05) is 6.92 Å². The first-order valence-electron chi connectivity index (χ1n) is 6.76. The lowest BCUT2D eigenvalue weighted by Gasteiger charge is -2.35. The number of carbonyl (C=O) groups excluding carboxylic acids is 1. The summed E-state index contributed by atoms with van der Waals surface area (Å²) >= 11 is 0. The van der Waals surface area contributed by atoms with Crippen LogP contribution in [-0.4, -0.2) is 23.7 Å². The van der Waals surface area contributed by atoms with Gasteiger partial charge in [0.2, 0.25) is 5.91 Å². The molecule has 1 aromatic heterocycles. The summed E-state index contributed by atoms with van der Waals surface area (Å²) in [5.41, 5.74) is 4.94. The molecule has 0 aromatic carbocycles. The minimum atomic E-state index is -0.249. The number of amides is 1. The summed E-state index contributed by atoms with van der Waals surface area (Å²) in [5, 5.41) is 3.35. The zero-order chi connectivity index (χ0) is 13.2. The summed E-state index contributed by atoms with van der Waals surface area (Å²) in [6, 6.07) is 4.04. The van der Waals surface area contributed by atoms with E-state index in [1.807, 2.05) is 30.7 Å². The van der Waals surface area contributed by atoms with Gasteiger partial charge in [0.25, 0.3) is 0 Å². The molecule has 0 spiro atoms. The summed E-state index contributed by atoms with van der Waals surface area (Å²) in [4.78, 5) is 12.6. The van der Waals surface area contributed by atoms with Crippen molar-refractivity contribution in [1.82, 2.24) is 9.99 Å². The molecule has 0 radical (unpaired) electrons. The third-order valence-corrected chi connectivity index (χ3v) is 4.12. The molecule has 2 N–H and O–H groups in total. The van der Waals surface area contributed by atoms with Crippen molar-refractivity contribution in [3.63, 3.8) is 0 Å². The van der Waals surface area contributed by atoms with Gasteiger partial charge in [0, 0.05) is 17.9 Å². The summed E-state index contributed by atoms with van der Waals surface area (Å²) in [6.45, 7) is 7.92. The molecule has 100 valence electrons. The van der Waals surface area contributed by atoms with Gasteiger partial charge >= 0.3 is 0 Å². The Morgan fingerprint density at radius 1 is 1.44 bits per heavy atom. The van der Waals surface area contributed by atoms with E-state index < -0.39 is 0 Å². The Bertz CT molecular complexity index is 411. The van der Waals surface area contributed by atoms with Crippen molar-refractivity contribution in [1.29, 1.82) is 0 Å². The molecule has 1 unspecified atom stereocenters. The standard InChI is InChI=1S/C14H23N3O/c1-4-14(8-5-9-15-10-14)13(18)16-17-11(2)6-7-12(17)3/h6-7,15H,4-5,8-10H2,1-3H3,(H,16,18). The van der Waals surface area contributed by atoms with Crippen LogP contribution in [0.2, 0.25) is 0 Å². The minimum Gasteiger partial charge on any atom is -0.316 e. The van der Waals surface area contributed by atoms with E-state index in [9.17, 15) is 4.79 Å². The Hall–Kier alpha value is -1.29. The molecule has 4 nitrogen and oxygen atoms in total. The van der Waals surface area contributed by atoms with Gasteiger partial charge in [0.1, 0.15) is 0 Å². The first-order valence-corrected chi connectivity index (χ1v) is 6.76. The number of nitrogens with one attached hydrogen (secondary N) is 2. The highest BCUT2D eigenvalue weighted by molar-refractivity contribution is 5.90. The third kappa shape index (κ3) is 2.29. The topological polar surface area (TPSA) is 46.1 Å². The average Bonchev–Trinajstić information content (AvgIpc) is 2.71. The molecule has 1 saturated heterocycles. The molecular formula is C14H23N3O. The highest BCUT2D eigenvalue weighted by Crippen LogP contribution is 2.30. The van der Waals surface area contributed by atoms with Gasteiger partial charge in [-0.25, -0.2) is 0 Å². The largest absolute Gasteiger partial charge is 0.316 e. The Morgan fingerprint density at radius 2 is 2.11 bits per heavy atom. The number of aryl methyl sites for hydroxylation is 2. The molecule has 0 saturated carbocycles. The highest BCUT2D eigenvalue weighted by atomic mass is 16.2. The van der Waals surface area contributed by atoms with Crippen molar-refractivity contribution in [2.45, 2.75) is 40.0 Å². The Balaban J connectivity index is 2.15. The molecule has 18 heavy (non-hydrogen) atoms. The van der Waals surface area contributed by atoms with Crippen LogP contribution in [-0.2, 0) is 4.79 Å². The second-order valence-corrected chi connectivity index (χ2v) is 5.31. The number of piperidine rings is 1. The zero-order valence-electron chi connectivity index (χ0n) is 11.5. The molecule has 4 heteroatoms. The maximum atomic E-state index is 12.6. The van der Waals surface area contributed by atoms with E-state index in [0.717, 1.165) is 43.7 Å². The van der Waals surface area contributed by atoms with E-state index in [0.29, 0.717) is 0 Å². The van der Waals surface area contributed by atoms with Crippen LogP contribution in [0.5, 0.6) is 0 Å². The van der Waals surface area contributed by atoms with Crippen LogP contribution in [0.25, 0.3) is 0 Å². The molecule has 1 fully saturated rings. The smallest absolute Gasteiger partial charge is 0.246 e. The monoisotopic (exact) mass is 249 g/mol. The van der Waals surface area contributed by atoms with Crippen molar-refractivity contribution < 1.29 is 4.79 Å². The summed E-state index contributed by atoms with van der Waals surface area (Å²) < 4.78 is 1.88. The third-order valence-electron chi connectivity index (χ3n) is 4.12. The lowest BCUT2D eigenvalue weighted by molar-refractivity contribution is -0.127. The molecule has 0 bridgehead atoms. The fraction of sp³-hybridized carbons (Fsp3) is 0.643. The van der Waals surface area contributed by atoms with Gasteiger partial charge in [-0.15, -0.1) is 0 Å². The molecule has 2 rings (SSSR count). The lowest BCUT2D eigenvalue weighted by atomic mass is 9.77. The normalized spacial score (nSPS) is 23.9. The summed E-state index contributed by atoms with van der Waals surface area (Å²) in [5.74, 6) is 0.139. The molecule has 1 aliphatic rings. The SMILES string of the molecule is CCC1(C(=O)Nn2c(C)ccc2C)CCCNC1. The first kappa shape index (κ1) is 13.1. The molecular weight excluding hydrogens is 226 g/mol. The van der Waals surface area contributed by atoms with Crippen LogP contribution >= 0.6 is 0 Å². The quantitative estimate of drug-likeness (QED) is 0.860. The van der Waals surface area contributed by atoms with Crippen LogP contribution in [0.15, 0.2) is 12.1 Å². The fourth-order valence-electron chi connectivity index (χ4n) is 2.69. The maximum absolute atomic E-state index is 12.6. The van der Waals surface area contributed by atoms with Gasteiger partial charge in [-0.2, -0.15) is 0 Å². The van der Waals surface area contributed by atoms with Crippen LogP contribution in [0.3, 0.4) is 0 Å².